The zero-order chi connectivity index (χ0) is 18.7. The first-order valence-electron chi connectivity index (χ1n) is 9.81. The van der Waals surface area contributed by atoms with Gasteiger partial charge in [0.2, 0.25) is 5.91 Å². The third-order valence-electron chi connectivity index (χ3n) is 5.49. The summed E-state index contributed by atoms with van der Waals surface area (Å²) in [5.74, 6) is 1.03. The van der Waals surface area contributed by atoms with Gasteiger partial charge < -0.3 is 10.1 Å². The Hall–Kier alpha value is -1.40. The quantitative estimate of drug-likeness (QED) is 0.794. The van der Waals surface area contributed by atoms with E-state index in [1.165, 1.54) is 4.88 Å². The summed E-state index contributed by atoms with van der Waals surface area (Å²) in [4.78, 5) is 28.5. The average molecular weight is 379 g/mol. The highest BCUT2D eigenvalue weighted by Crippen LogP contribution is 2.40. The van der Waals surface area contributed by atoms with E-state index in [1.807, 2.05) is 6.92 Å². The topological polar surface area (TPSA) is 58.6 Å². The van der Waals surface area contributed by atoms with E-state index in [2.05, 4.69) is 24.1 Å². The van der Waals surface area contributed by atoms with Crippen molar-refractivity contribution in [3.63, 3.8) is 0 Å². The van der Waals surface area contributed by atoms with Crippen LogP contribution in [-0.2, 0) is 22.4 Å². The van der Waals surface area contributed by atoms with E-state index in [9.17, 15) is 9.59 Å². The molecule has 2 aliphatic rings. The number of carbonyl (C=O) groups excluding carboxylic acids is 2. The first-order valence-corrected chi connectivity index (χ1v) is 10.6. The fourth-order valence-electron chi connectivity index (χ4n) is 3.85. The van der Waals surface area contributed by atoms with Crippen molar-refractivity contribution in [2.45, 2.75) is 52.9 Å². The number of nitrogens with one attached hydrogen (secondary N) is 1. The molecule has 0 aromatic carbocycles. The predicted molar refractivity (Wildman–Crippen MR) is 105 cm³/mol. The number of anilines is 1. The molecule has 1 aromatic rings. The van der Waals surface area contributed by atoms with Crippen LogP contribution >= 0.6 is 11.3 Å². The lowest BCUT2D eigenvalue weighted by molar-refractivity contribution is -0.117. The third kappa shape index (κ3) is 4.46. The van der Waals surface area contributed by atoms with Gasteiger partial charge in [-0.15, -0.1) is 11.3 Å². The van der Waals surface area contributed by atoms with Crippen molar-refractivity contribution < 1.29 is 14.3 Å². The summed E-state index contributed by atoms with van der Waals surface area (Å²) in [6.45, 7) is 9.00. The molecular formula is C20H30N2O3S. The molecule has 0 spiro atoms. The van der Waals surface area contributed by atoms with Gasteiger partial charge in [0.05, 0.1) is 18.7 Å². The van der Waals surface area contributed by atoms with Gasteiger partial charge in [0, 0.05) is 4.88 Å². The second-order valence-electron chi connectivity index (χ2n) is 7.78. The average Bonchev–Trinajstić information content (AvgIpc) is 2.93. The van der Waals surface area contributed by atoms with Crippen molar-refractivity contribution in [1.29, 1.82) is 0 Å². The van der Waals surface area contributed by atoms with E-state index in [4.69, 9.17) is 4.74 Å². The fraction of sp³-hybridized carbons (Fsp3) is 0.700. The number of likely N-dealkylation sites (tertiary alicyclic amines) is 1. The molecule has 1 aliphatic heterocycles. The SMILES string of the molecule is CCOC(=O)c1c(NC(=O)CN2CCC(C)CC2)sc2c1CC[C@H](C)C2. The molecule has 1 N–H and O–H groups in total. The minimum atomic E-state index is -0.304. The molecule has 1 aromatic heterocycles. The highest BCUT2D eigenvalue weighted by Gasteiger charge is 2.29. The van der Waals surface area contributed by atoms with Crippen LogP contribution in [0.15, 0.2) is 0 Å². The summed E-state index contributed by atoms with van der Waals surface area (Å²) in [7, 11) is 0. The Morgan fingerprint density at radius 2 is 1.92 bits per heavy atom. The van der Waals surface area contributed by atoms with Crippen molar-refractivity contribution in [3.8, 4) is 0 Å². The molecule has 5 nitrogen and oxygen atoms in total. The van der Waals surface area contributed by atoms with E-state index in [1.54, 1.807) is 11.3 Å². The number of rotatable bonds is 5. The van der Waals surface area contributed by atoms with Gasteiger partial charge in [-0.25, -0.2) is 4.79 Å². The molecule has 6 heteroatoms. The zero-order valence-electron chi connectivity index (χ0n) is 16.1. The Bertz CT molecular complexity index is 662. The Morgan fingerprint density at radius 1 is 1.19 bits per heavy atom. The van der Waals surface area contributed by atoms with E-state index >= 15 is 0 Å². The Balaban J connectivity index is 1.73. The molecule has 1 aliphatic carbocycles. The Morgan fingerprint density at radius 3 is 2.62 bits per heavy atom. The molecule has 3 rings (SSSR count). The van der Waals surface area contributed by atoms with Gasteiger partial charge in [-0.3, -0.25) is 9.69 Å². The number of amides is 1. The molecule has 144 valence electrons. The number of ether oxygens (including phenoxy) is 1. The van der Waals surface area contributed by atoms with Crippen LogP contribution in [0.25, 0.3) is 0 Å². The molecule has 26 heavy (non-hydrogen) atoms. The molecular weight excluding hydrogens is 348 g/mol. The van der Waals surface area contributed by atoms with E-state index < -0.39 is 0 Å². The lowest BCUT2D eigenvalue weighted by Gasteiger charge is -2.29. The number of thiophene rings is 1. The van der Waals surface area contributed by atoms with Crippen LogP contribution in [0.1, 0.15) is 60.8 Å². The highest BCUT2D eigenvalue weighted by molar-refractivity contribution is 7.17. The first-order chi connectivity index (χ1) is 12.5. The zero-order valence-corrected chi connectivity index (χ0v) is 16.9. The molecule has 2 heterocycles. The van der Waals surface area contributed by atoms with Gasteiger partial charge >= 0.3 is 5.97 Å². The van der Waals surface area contributed by atoms with Crippen LogP contribution < -0.4 is 5.32 Å². The van der Waals surface area contributed by atoms with Crippen LogP contribution in [-0.4, -0.2) is 43.0 Å². The lowest BCUT2D eigenvalue weighted by Crippen LogP contribution is -2.38. The lowest BCUT2D eigenvalue weighted by atomic mass is 9.88. The van der Waals surface area contributed by atoms with E-state index in [0.717, 1.165) is 56.7 Å². The van der Waals surface area contributed by atoms with Crippen molar-refractivity contribution in [1.82, 2.24) is 4.90 Å². The summed E-state index contributed by atoms with van der Waals surface area (Å²) < 4.78 is 5.27. The Labute approximate surface area is 160 Å². The van der Waals surface area contributed by atoms with Crippen LogP contribution in [0.5, 0.6) is 0 Å². The number of piperidine rings is 1. The largest absolute Gasteiger partial charge is 0.462 e. The minimum Gasteiger partial charge on any atom is -0.462 e. The highest BCUT2D eigenvalue weighted by atomic mass is 32.1. The van der Waals surface area contributed by atoms with Gasteiger partial charge in [0.15, 0.2) is 0 Å². The maximum Gasteiger partial charge on any atom is 0.341 e. The van der Waals surface area contributed by atoms with Gasteiger partial charge in [-0.2, -0.15) is 0 Å². The molecule has 0 bridgehead atoms. The fourth-order valence-corrected chi connectivity index (χ4v) is 5.26. The monoisotopic (exact) mass is 378 g/mol. The first kappa shape index (κ1) is 19.4. The van der Waals surface area contributed by atoms with Crippen LogP contribution in [0, 0.1) is 11.8 Å². The minimum absolute atomic E-state index is 0.0308. The van der Waals surface area contributed by atoms with Crippen molar-refractivity contribution in [2.75, 3.05) is 31.6 Å². The maximum atomic E-state index is 12.6. The summed E-state index contributed by atoms with van der Waals surface area (Å²) in [6, 6.07) is 0. The maximum absolute atomic E-state index is 12.6. The Kier molecular flexibility index (Phi) is 6.35. The molecule has 1 atom stereocenters. The van der Waals surface area contributed by atoms with Crippen LogP contribution in [0.2, 0.25) is 0 Å². The number of hydrogen-bond donors (Lipinski definition) is 1. The summed E-state index contributed by atoms with van der Waals surface area (Å²) >= 11 is 1.56. The van der Waals surface area contributed by atoms with E-state index in [0.29, 0.717) is 29.6 Å². The number of hydrogen-bond acceptors (Lipinski definition) is 5. The van der Waals surface area contributed by atoms with Gasteiger partial charge in [-0.1, -0.05) is 13.8 Å². The number of nitrogens with zero attached hydrogens (tertiary/aromatic N) is 1. The number of fused-ring (bicyclic) bond motifs is 1. The summed E-state index contributed by atoms with van der Waals surface area (Å²) in [5, 5.41) is 3.70. The second-order valence-corrected chi connectivity index (χ2v) is 8.89. The third-order valence-corrected chi connectivity index (χ3v) is 6.66. The second kappa shape index (κ2) is 8.53. The molecule has 0 saturated carbocycles. The number of esters is 1. The standard InChI is InChI=1S/C20H30N2O3S/c1-4-25-20(24)18-15-6-5-14(3)11-16(15)26-19(18)21-17(23)12-22-9-7-13(2)8-10-22/h13-14H,4-12H2,1-3H3,(H,21,23)/t14-/m0/s1. The normalized spacial score (nSPS) is 21.3. The molecule has 1 amide bonds. The van der Waals surface area contributed by atoms with E-state index in [-0.39, 0.29) is 11.9 Å². The van der Waals surface area contributed by atoms with Gasteiger partial charge in [0.25, 0.3) is 0 Å². The molecule has 1 fully saturated rings. The van der Waals surface area contributed by atoms with Crippen LogP contribution in [0.3, 0.4) is 0 Å². The smallest absolute Gasteiger partial charge is 0.341 e. The van der Waals surface area contributed by atoms with Gasteiger partial charge in [-0.05, 0) is 69.5 Å². The summed E-state index contributed by atoms with van der Waals surface area (Å²) in [6.07, 6.45) is 5.24. The van der Waals surface area contributed by atoms with Crippen molar-refractivity contribution in [2.24, 2.45) is 11.8 Å². The molecule has 1 saturated heterocycles. The van der Waals surface area contributed by atoms with Gasteiger partial charge in [0.1, 0.15) is 5.00 Å². The van der Waals surface area contributed by atoms with Crippen molar-refractivity contribution >= 4 is 28.2 Å². The molecule has 0 radical (unpaired) electrons. The van der Waals surface area contributed by atoms with Crippen molar-refractivity contribution in [3.05, 3.63) is 16.0 Å². The predicted octanol–water partition coefficient (Wildman–Crippen LogP) is 3.72. The summed E-state index contributed by atoms with van der Waals surface area (Å²) in [5.41, 5.74) is 1.69. The number of carbonyl (C=O) groups is 2. The molecule has 0 unspecified atom stereocenters. The van der Waals surface area contributed by atoms with Crippen LogP contribution in [0.4, 0.5) is 5.00 Å².